The zero-order valence-corrected chi connectivity index (χ0v) is 8.57. The standard InChI is InChI=1S/C11H11FN2O2/c12-8-4-9(6-13-5-8)14-11(16)7-1-2-10(15)3-7/h4-7H,1-3H2,(H,14,16)/t7-/m1/s1. The summed E-state index contributed by atoms with van der Waals surface area (Å²) in [7, 11) is 0. The van der Waals surface area contributed by atoms with Crippen molar-refractivity contribution in [1.82, 2.24) is 4.98 Å². The van der Waals surface area contributed by atoms with E-state index in [0.29, 0.717) is 18.5 Å². The molecule has 0 bridgehead atoms. The molecule has 0 radical (unpaired) electrons. The first-order valence-corrected chi connectivity index (χ1v) is 5.08. The van der Waals surface area contributed by atoms with Gasteiger partial charge in [-0.3, -0.25) is 14.6 Å². The topological polar surface area (TPSA) is 59.1 Å². The maximum absolute atomic E-state index is 12.8. The van der Waals surface area contributed by atoms with Gasteiger partial charge in [0.1, 0.15) is 11.6 Å². The van der Waals surface area contributed by atoms with Gasteiger partial charge in [0, 0.05) is 24.8 Å². The first-order chi connectivity index (χ1) is 7.65. The number of pyridine rings is 1. The first-order valence-electron chi connectivity index (χ1n) is 5.08. The van der Waals surface area contributed by atoms with E-state index < -0.39 is 5.82 Å². The third-order valence-corrected chi connectivity index (χ3v) is 2.59. The van der Waals surface area contributed by atoms with Gasteiger partial charge in [-0.05, 0) is 6.42 Å². The van der Waals surface area contributed by atoms with E-state index >= 15 is 0 Å². The highest BCUT2D eigenvalue weighted by Gasteiger charge is 2.28. The monoisotopic (exact) mass is 222 g/mol. The maximum Gasteiger partial charge on any atom is 0.227 e. The predicted octanol–water partition coefficient (Wildman–Crippen LogP) is 1.53. The summed E-state index contributed by atoms with van der Waals surface area (Å²) in [6, 6.07) is 1.20. The smallest absolute Gasteiger partial charge is 0.227 e. The van der Waals surface area contributed by atoms with Crippen molar-refractivity contribution in [3.05, 3.63) is 24.3 Å². The van der Waals surface area contributed by atoms with Crippen LogP contribution in [0.5, 0.6) is 0 Å². The molecule has 1 aliphatic rings. The minimum absolute atomic E-state index is 0.109. The number of ketones is 1. The van der Waals surface area contributed by atoms with E-state index in [1.807, 2.05) is 0 Å². The van der Waals surface area contributed by atoms with Crippen LogP contribution in [0, 0.1) is 11.7 Å². The third-order valence-electron chi connectivity index (χ3n) is 2.59. The van der Waals surface area contributed by atoms with Crippen molar-refractivity contribution in [2.45, 2.75) is 19.3 Å². The van der Waals surface area contributed by atoms with Crippen molar-refractivity contribution in [1.29, 1.82) is 0 Å². The second-order valence-corrected chi connectivity index (χ2v) is 3.86. The lowest BCUT2D eigenvalue weighted by Gasteiger charge is -2.08. The highest BCUT2D eigenvalue weighted by Crippen LogP contribution is 2.23. The van der Waals surface area contributed by atoms with Crippen LogP contribution in [0.4, 0.5) is 10.1 Å². The predicted molar refractivity (Wildman–Crippen MR) is 55.2 cm³/mol. The normalized spacial score (nSPS) is 19.8. The first kappa shape index (κ1) is 10.7. The molecular weight excluding hydrogens is 211 g/mol. The molecule has 1 atom stereocenters. The number of hydrogen-bond acceptors (Lipinski definition) is 3. The molecule has 0 aliphatic heterocycles. The number of halogens is 1. The molecule has 1 aromatic rings. The Morgan fingerprint density at radius 1 is 1.50 bits per heavy atom. The second-order valence-electron chi connectivity index (χ2n) is 3.86. The fourth-order valence-electron chi connectivity index (χ4n) is 1.76. The number of hydrogen-bond donors (Lipinski definition) is 1. The molecule has 1 amide bonds. The summed E-state index contributed by atoms with van der Waals surface area (Å²) in [4.78, 5) is 26.3. The molecule has 0 aromatic carbocycles. The van der Waals surface area contributed by atoms with Crippen LogP contribution in [-0.2, 0) is 9.59 Å². The molecule has 1 N–H and O–H groups in total. The number of carbonyl (C=O) groups is 2. The molecule has 16 heavy (non-hydrogen) atoms. The molecule has 84 valence electrons. The van der Waals surface area contributed by atoms with E-state index in [0.717, 1.165) is 6.20 Å². The average Bonchev–Trinajstić information content (AvgIpc) is 2.65. The van der Waals surface area contributed by atoms with E-state index in [4.69, 9.17) is 0 Å². The number of nitrogens with one attached hydrogen (secondary N) is 1. The Morgan fingerprint density at radius 3 is 2.94 bits per heavy atom. The summed E-state index contributed by atoms with van der Waals surface area (Å²) in [5.74, 6) is -0.910. The summed E-state index contributed by atoms with van der Waals surface area (Å²) in [5.41, 5.74) is 0.323. The van der Waals surface area contributed by atoms with E-state index in [9.17, 15) is 14.0 Å². The van der Waals surface area contributed by atoms with Crippen LogP contribution in [0.2, 0.25) is 0 Å². The van der Waals surface area contributed by atoms with Gasteiger partial charge in [0.05, 0.1) is 18.1 Å². The van der Waals surface area contributed by atoms with Crippen molar-refractivity contribution >= 4 is 17.4 Å². The zero-order chi connectivity index (χ0) is 11.5. The van der Waals surface area contributed by atoms with Gasteiger partial charge in [-0.2, -0.15) is 0 Å². The van der Waals surface area contributed by atoms with Crippen LogP contribution in [0.3, 0.4) is 0 Å². The largest absolute Gasteiger partial charge is 0.324 e. The Kier molecular flexibility index (Phi) is 2.94. The van der Waals surface area contributed by atoms with Crippen LogP contribution in [0.1, 0.15) is 19.3 Å². The van der Waals surface area contributed by atoms with Gasteiger partial charge in [-0.15, -0.1) is 0 Å². The Bertz CT molecular complexity index is 434. The van der Waals surface area contributed by atoms with Gasteiger partial charge in [0.25, 0.3) is 0 Å². The molecule has 0 saturated heterocycles. The summed E-state index contributed by atoms with van der Waals surface area (Å²) in [5, 5.41) is 2.55. The minimum Gasteiger partial charge on any atom is -0.324 e. The fourth-order valence-corrected chi connectivity index (χ4v) is 1.76. The van der Waals surface area contributed by atoms with Gasteiger partial charge in [0.2, 0.25) is 5.91 Å². The summed E-state index contributed by atoms with van der Waals surface area (Å²) in [6.07, 6.45) is 3.76. The second kappa shape index (κ2) is 4.38. The third kappa shape index (κ3) is 2.42. The van der Waals surface area contributed by atoms with Crippen LogP contribution in [0.25, 0.3) is 0 Å². The van der Waals surface area contributed by atoms with Crippen molar-refractivity contribution < 1.29 is 14.0 Å². The van der Waals surface area contributed by atoms with Crippen molar-refractivity contribution in [3.63, 3.8) is 0 Å². The maximum atomic E-state index is 12.8. The number of carbonyl (C=O) groups excluding carboxylic acids is 2. The van der Waals surface area contributed by atoms with Crippen LogP contribution >= 0.6 is 0 Å². The lowest BCUT2D eigenvalue weighted by Crippen LogP contribution is -2.20. The molecule has 1 aliphatic carbocycles. The van der Waals surface area contributed by atoms with Crippen LogP contribution < -0.4 is 5.32 Å². The molecule has 1 fully saturated rings. The van der Waals surface area contributed by atoms with E-state index in [-0.39, 0.29) is 24.0 Å². The summed E-state index contributed by atoms with van der Waals surface area (Å²) >= 11 is 0. The lowest BCUT2D eigenvalue weighted by atomic mass is 10.1. The lowest BCUT2D eigenvalue weighted by molar-refractivity contribution is -0.122. The highest BCUT2D eigenvalue weighted by molar-refractivity contribution is 5.97. The Morgan fingerprint density at radius 2 is 2.31 bits per heavy atom. The Labute approximate surface area is 91.9 Å². The molecular formula is C11H11FN2O2. The molecule has 0 spiro atoms. The molecule has 2 rings (SSSR count). The fraction of sp³-hybridized carbons (Fsp3) is 0.364. The minimum atomic E-state index is -0.500. The number of rotatable bonds is 2. The summed E-state index contributed by atoms with van der Waals surface area (Å²) < 4.78 is 12.8. The quantitative estimate of drug-likeness (QED) is 0.825. The highest BCUT2D eigenvalue weighted by atomic mass is 19.1. The molecule has 1 heterocycles. The molecule has 1 aromatic heterocycles. The van der Waals surface area contributed by atoms with Crippen LogP contribution in [0.15, 0.2) is 18.5 Å². The van der Waals surface area contributed by atoms with Crippen molar-refractivity contribution in [2.24, 2.45) is 5.92 Å². The van der Waals surface area contributed by atoms with Gasteiger partial charge in [0.15, 0.2) is 0 Å². The molecule has 5 heteroatoms. The molecule has 1 saturated carbocycles. The van der Waals surface area contributed by atoms with E-state index in [1.165, 1.54) is 12.3 Å². The van der Waals surface area contributed by atoms with Gasteiger partial charge in [-0.1, -0.05) is 0 Å². The van der Waals surface area contributed by atoms with Crippen LogP contribution in [-0.4, -0.2) is 16.7 Å². The molecule has 4 nitrogen and oxygen atoms in total. The molecule has 0 unspecified atom stereocenters. The zero-order valence-electron chi connectivity index (χ0n) is 8.57. The van der Waals surface area contributed by atoms with Gasteiger partial charge < -0.3 is 5.32 Å². The Balaban J connectivity index is 1.99. The van der Waals surface area contributed by atoms with E-state index in [2.05, 4.69) is 10.3 Å². The number of Topliss-reactive ketones (excluding diaryl/α,β-unsaturated/α-hetero) is 1. The van der Waals surface area contributed by atoms with Gasteiger partial charge in [-0.25, -0.2) is 4.39 Å². The van der Waals surface area contributed by atoms with E-state index in [1.54, 1.807) is 0 Å². The number of nitrogens with zero attached hydrogens (tertiary/aromatic N) is 1. The Hall–Kier alpha value is -1.78. The SMILES string of the molecule is O=C1CC[C@@H](C(=O)Nc2cncc(F)c2)C1. The average molecular weight is 222 g/mol. The number of anilines is 1. The van der Waals surface area contributed by atoms with Crippen molar-refractivity contribution in [2.75, 3.05) is 5.32 Å². The van der Waals surface area contributed by atoms with Crippen molar-refractivity contribution in [3.8, 4) is 0 Å². The number of amides is 1. The van der Waals surface area contributed by atoms with Gasteiger partial charge >= 0.3 is 0 Å². The summed E-state index contributed by atoms with van der Waals surface area (Å²) in [6.45, 7) is 0. The number of aromatic nitrogens is 1.